The van der Waals surface area contributed by atoms with Gasteiger partial charge in [0.05, 0.1) is 18.0 Å². The molecule has 1 aliphatic rings. The summed E-state index contributed by atoms with van der Waals surface area (Å²) in [7, 11) is 3.30. The van der Waals surface area contributed by atoms with Crippen LogP contribution in [0.15, 0.2) is 47.3 Å². The molecule has 1 aliphatic heterocycles. The summed E-state index contributed by atoms with van der Waals surface area (Å²) in [5, 5.41) is 3.67. The summed E-state index contributed by atoms with van der Waals surface area (Å²) in [5.74, 6) is 0.729. The molecule has 2 N–H and O–H groups in total. The van der Waals surface area contributed by atoms with Crippen molar-refractivity contribution in [3.8, 4) is 5.75 Å². The number of hydrogen-bond donors (Lipinski definition) is 2. The van der Waals surface area contributed by atoms with Crippen LogP contribution in [0.3, 0.4) is 0 Å². The fourth-order valence-corrected chi connectivity index (χ4v) is 4.78. The van der Waals surface area contributed by atoms with E-state index in [1.165, 1.54) is 10.1 Å². The maximum atomic E-state index is 12.9. The molecule has 2 heterocycles. The van der Waals surface area contributed by atoms with Crippen LogP contribution in [-0.2, 0) is 17.8 Å². The minimum absolute atomic E-state index is 0.118. The molecule has 2 aromatic carbocycles. The minimum Gasteiger partial charge on any atom is -0.497 e. The van der Waals surface area contributed by atoms with E-state index in [1.54, 1.807) is 32.4 Å². The molecule has 0 unspecified atom stereocenters. The average Bonchev–Trinajstić information content (AvgIpc) is 2.87. The van der Waals surface area contributed by atoms with E-state index < -0.39 is 0 Å². The average molecular weight is 497 g/mol. The molecular weight excluding hydrogens is 464 g/mol. The highest BCUT2D eigenvalue weighted by Crippen LogP contribution is 2.18. The van der Waals surface area contributed by atoms with Gasteiger partial charge in [0, 0.05) is 51.5 Å². The number of nitrogens with zero attached hydrogens (tertiary/aromatic N) is 2. The summed E-state index contributed by atoms with van der Waals surface area (Å²) in [6, 6.07) is 13.3. The zero-order valence-electron chi connectivity index (χ0n) is 20.2. The fraction of sp³-hybridized carbons (Fsp3) is 0.423. The van der Waals surface area contributed by atoms with Gasteiger partial charge in [-0.1, -0.05) is 12.1 Å². The van der Waals surface area contributed by atoms with Gasteiger partial charge >= 0.3 is 0 Å². The van der Waals surface area contributed by atoms with E-state index in [0.29, 0.717) is 40.8 Å². The third-order valence-electron chi connectivity index (χ3n) is 6.44. The summed E-state index contributed by atoms with van der Waals surface area (Å²) >= 11 is 5.38. The molecule has 0 saturated carbocycles. The first-order valence-corrected chi connectivity index (χ1v) is 12.3. The van der Waals surface area contributed by atoms with Gasteiger partial charge in [0.1, 0.15) is 5.75 Å². The molecule has 1 amide bonds. The Bertz CT molecular complexity index is 1290. The van der Waals surface area contributed by atoms with Gasteiger partial charge in [0.15, 0.2) is 4.77 Å². The van der Waals surface area contributed by atoms with Gasteiger partial charge in [-0.05, 0) is 67.4 Å². The Hall–Kier alpha value is -3.01. The molecular formula is C26H32N4O4S. The standard InChI is InChI=1S/C26H32N4O4S/c1-33-14-4-11-30-25(32)22-8-7-19(16-23(22)28-26(30)35)24(31)27-20-9-12-29(13-10-20)17-18-5-3-6-21(15-18)34-2/h3,5-8,15-16,20H,4,9-14,17H2,1-2H3,(H,27,31)(H,28,35). The van der Waals surface area contributed by atoms with Crippen molar-refractivity contribution < 1.29 is 14.3 Å². The van der Waals surface area contributed by atoms with Crippen LogP contribution in [0.5, 0.6) is 5.75 Å². The SMILES string of the molecule is COCCCn1c(=S)[nH]c2cc(C(=O)NC3CCN(Cc4cccc(OC)c4)CC3)ccc2c1=O. The van der Waals surface area contributed by atoms with Crippen molar-refractivity contribution in [2.75, 3.05) is 33.9 Å². The number of aromatic amines is 1. The summed E-state index contributed by atoms with van der Waals surface area (Å²) in [6.45, 7) is 3.73. The molecule has 1 fully saturated rings. The van der Waals surface area contributed by atoms with Crippen LogP contribution in [0.4, 0.5) is 0 Å². The monoisotopic (exact) mass is 496 g/mol. The minimum atomic E-state index is -0.157. The summed E-state index contributed by atoms with van der Waals surface area (Å²) in [6.07, 6.45) is 2.47. The summed E-state index contributed by atoms with van der Waals surface area (Å²) < 4.78 is 12.3. The van der Waals surface area contributed by atoms with E-state index >= 15 is 0 Å². The third-order valence-corrected chi connectivity index (χ3v) is 6.76. The number of benzene rings is 2. The van der Waals surface area contributed by atoms with E-state index in [9.17, 15) is 9.59 Å². The van der Waals surface area contributed by atoms with Crippen molar-refractivity contribution in [1.29, 1.82) is 0 Å². The maximum Gasteiger partial charge on any atom is 0.262 e. The van der Waals surface area contributed by atoms with Crippen molar-refractivity contribution >= 4 is 29.0 Å². The highest BCUT2D eigenvalue weighted by atomic mass is 32.1. The molecule has 0 aliphatic carbocycles. The quantitative estimate of drug-likeness (QED) is 0.348. The van der Waals surface area contributed by atoms with Crippen LogP contribution in [0.25, 0.3) is 10.9 Å². The molecule has 4 rings (SSSR count). The molecule has 0 spiro atoms. The first-order valence-electron chi connectivity index (χ1n) is 11.9. The number of likely N-dealkylation sites (tertiary alicyclic amines) is 1. The molecule has 186 valence electrons. The molecule has 3 aromatic rings. The van der Waals surface area contributed by atoms with Crippen molar-refractivity contribution in [2.45, 2.75) is 38.4 Å². The number of amides is 1. The first kappa shape index (κ1) is 25.1. The lowest BCUT2D eigenvalue weighted by Gasteiger charge is -2.32. The summed E-state index contributed by atoms with van der Waals surface area (Å²) in [4.78, 5) is 31.3. The number of ether oxygens (including phenoxy) is 2. The van der Waals surface area contributed by atoms with Gasteiger partial charge in [-0.2, -0.15) is 0 Å². The number of nitrogens with one attached hydrogen (secondary N) is 2. The largest absolute Gasteiger partial charge is 0.497 e. The highest BCUT2D eigenvalue weighted by molar-refractivity contribution is 7.71. The van der Waals surface area contributed by atoms with Crippen molar-refractivity contribution in [3.63, 3.8) is 0 Å². The molecule has 0 radical (unpaired) electrons. The van der Waals surface area contributed by atoms with Crippen molar-refractivity contribution in [2.24, 2.45) is 0 Å². The zero-order chi connectivity index (χ0) is 24.8. The molecule has 9 heteroatoms. The molecule has 35 heavy (non-hydrogen) atoms. The second-order valence-corrected chi connectivity index (χ2v) is 9.26. The van der Waals surface area contributed by atoms with Crippen LogP contribution < -0.4 is 15.6 Å². The van der Waals surface area contributed by atoms with Gasteiger partial charge in [-0.25, -0.2) is 0 Å². The molecule has 8 nitrogen and oxygen atoms in total. The number of carbonyl (C=O) groups is 1. The predicted octanol–water partition coefficient (Wildman–Crippen LogP) is 3.50. The van der Waals surface area contributed by atoms with Gasteiger partial charge in [-0.3, -0.25) is 19.1 Å². The second kappa shape index (κ2) is 11.6. The number of aromatic nitrogens is 2. The Morgan fingerprint density at radius 2 is 1.97 bits per heavy atom. The van der Waals surface area contributed by atoms with E-state index in [4.69, 9.17) is 21.7 Å². The lowest BCUT2D eigenvalue weighted by molar-refractivity contribution is 0.0909. The second-order valence-electron chi connectivity index (χ2n) is 8.87. The van der Waals surface area contributed by atoms with E-state index in [-0.39, 0.29) is 17.5 Å². The van der Waals surface area contributed by atoms with Crippen molar-refractivity contribution in [1.82, 2.24) is 19.8 Å². The number of hydrogen-bond acceptors (Lipinski definition) is 6. The number of carbonyl (C=O) groups excluding carboxylic acids is 1. The third kappa shape index (κ3) is 6.17. The summed E-state index contributed by atoms with van der Waals surface area (Å²) in [5.41, 5.74) is 2.15. The van der Waals surface area contributed by atoms with E-state index in [0.717, 1.165) is 38.2 Å². The van der Waals surface area contributed by atoms with Gasteiger partial charge in [-0.15, -0.1) is 0 Å². The van der Waals surface area contributed by atoms with Crippen LogP contribution in [-0.4, -0.2) is 60.3 Å². The zero-order valence-corrected chi connectivity index (χ0v) is 21.0. The Labute approximate surface area is 209 Å². The normalized spacial score (nSPS) is 14.8. The number of H-pyrrole nitrogens is 1. The Balaban J connectivity index is 1.37. The van der Waals surface area contributed by atoms with Gasteiger partial charge in [0.2, 0.25) is 0 Å². The molecule has 1 aromatic heterocycles. The maximum absolute atomic E-state index is 12.9. The van der Waals surface area contributed by atoms with Gasteiger partial charge in [0.25, 0.3) is 11.5 Å². The lowest BCUT2D eigenvalue weighted by Crippen LogP contribution is -2.44. The van der Waals surface area contributed by atoms with Crippen LogP contribution >= 0.6 is 12.2 Å². The van der Waals surface area contributed by atoms with Crippen LogP contribution in [0.2, 0.25) is 0 Å². The molecule has 0 bridgehead atoms. The number of rotatable bonds is 9. The van der Waals surface area contributed by atoms with E-state index in [1.807, 2.05) is 12.1 Å². The van der Waals surface area contributed by atoms with Crippen LogP contribution in [0, 0.1) is 4.77 Å². The number of fused-ring (bicyclic) bond motifs is 1. The Morgan fingerprint density at radius 1 is 1.17 bits per heavy atom. The first-order chi connectivity index (χ1) is 17.0. The lowest BCUT2D eigenvalue weighted by atomic mass is 10.0. The number of piperidine rings is 1. The number of methoxy groups -OCH3 is 2. The Morgan fingerprint density at radius 3 is 2.71 bits per heavy atom. The highest BCUT2D eigenvalue weighted by Gasteiger charge is 2.21. The topological polar surface area (TPSA) is 88.6 Å². The van der Waals surface area contributed by atoms with E-state index in [2.05, 4.69) is 27.3 Å². The van der Waals surface area contributed by atoms with Crippen LogP contribution in [0.1, 0.15) is 35.2 Å². The molecule has 1 saturated heterocycles. The Kier molecular flexibility index (Phi) is 8.33. The molecule has 0 atom stereocenters. The predicted molar refractivity (Wildman–Crippen MR) is 139 cm³/mol. The smallest absolute Gasteiger partial charge is 0.262 e. The van der Waals surface area contributed by atoms with Crippen molar-refractivity contribution in [3.05, 3.63) is 68.7 Å². The fourth-order valence-electron chi connectivity index (χ4n) is 4.50. The van der Waals surface area contributed by atoms with Gasteiger partial charge < -0.3 is 19.8 Å².